The molecule has 2 fully saturated rings. The summed E-state index contributed by atoms with van der Waals surface area (Å²) in [5.74, 6) is -0.0259. The minimum Gasteiger partial charge on any atom is -0.374 e. The van der Waals surface area contributed by atoms with Crippen molar-refractivity contribution in [1.29, 1.82) is 0 Å². The van der Waals surface area contributed by atoms with Gasteiger partial charge in [-0.05, 0) is 55.7 Å². The highest BCUT2D eigenvalue weighted by Gasteiger charge is 2.30. The number of sulfonamides is 1. The van der Waals surface area contributed by atoms with Gasteiger partial charge >= 0.3 is 0 Å². The van der Waals surface area contributed by atoms with Crippen LogP contribution in [0.3, 0.4) is 0 Å². The second kappa shape index (κ2) is 10.1. The standard InChI is InChI=1S/C23H29ClN4O3S/c24-19-8-10-20(11-9-19)32(30,31)28-16-14-27(15-17-28)23(29)18-25-21-6-2-3-7-22(21)26-12-4-1-5-13-26/h2-3,6-11,25H,1,4-5,12-18H2. The van der Waals surface area contributed by atoms with Crippen LogP contribution in [-0.4, -0.2) is 69.3 Å². The van der Waals surface area contributed by atoms with Gasteiger partial charge in [0.2, 0.25) is 15.9 Å². The molecule has 0 spiro atoms. The predicted molar refractivity (Wildman–Crippen MR) is 128 cm³/mol. The van der Waals surface area contributed by atoms with Crippen molar-refractivity contribution in [2.75, 3.05) is 56.0 Å². The number of nitrogens with zero attached hydrogens (tertiary/aromatic N) is 3. The molecule has 0 unspecified atom stereocenters. The first-order valence-electron chi connectivity index (χ1n) is 11.1. The van der Waals surface area contributed by atoms with Crippen molar-refractivity contribution < 1.29 is 13.2 Å². The average Bonchev–Trinajstić information content (AvgIpc) is 2.83. The summed E-state index contributed by atoms with van der Waals surface area (Å²) in [6, 6.07) is 14.3. The maximum atomic E-state index is 12.8. The van der Waals surface area contributed by atoms with Crippen LogP contribution in [0, 0.1) is 0 Å². The van der Waals surface area contributed by atoms with E-state index in [1.165, 1.54) is 35.7 Å². The van der Waals surface area contributed by atoms with Crippen molar-refractivity contribution in [2.45, 2.75) is 24.2 Å². The molecule has 32 heavy (non-hydrogen) atoms. The summed E-state index contributed by atoms with van der Waals surface area (Å²) in [7, 11) is -3.59. The van der Waals surface area contributed by atoms with E-state index in [4.69, 9.17) is 11.6 Å². The number of carbonyl (C=O) groups excluding carboxylic acids is 1. The quantitative estimate of drug-likeness (QED) is 0.692. The number of nitrogens with one attached hydrogen (secondary N) is 1. The fourth-order valence-corrected chi connectivity index (χ4v) is 5.80. The fraction of sp³-hybridized carbons (Fsp3) is 0.435. The minimum atomic E-state index is -3.59. The Labute approximate surface area is 195 Å². The summed E-state index contributed by atoms with van der Waals surface area (Å²) in [4.78, 5) is 17.1. The Morgan fingerprint density at radius 2 is 1.53 bits per heavy atom. The third-order valence-corrected chi connectivity index (χ3v) is 8.24. The zero-order chi connectivity index (χ0) is 22.6. The average molecular weight is 477 g/mol. The molecule has 0 aromatic heterocycles. The molecule has 2 aromatic carbocycles. The molecule has 2 saturated heterocycles. The van der Waals surface area contributed by atoms with Crippen LogP contribution < -0.4 is 10.2 Å². The number of benzene rings is 2. The molecule has 2 aliphatic heterocycles. The lowest BCUT2D eigenvalue weighted by molar-refractivity contribution is -0.130. The Bertz CT molecular complexity index is 1030. The molecular formula is C23H29ClN4O3S. The third kappa shape index (κ3) is 5.19. The Morgan fingerprint density at radius 1 is 0.875 bits per heavy atom. The SMILES string of the molecule is O=C(CNc1ccccc1N1CCCCC1)N1CCN(S(=O)(=O)c2ccc(Cl)cc2)CC1. The van der Waals surface area contributed by atoms with E-state index >= 15 is 0 Å². The number of amides is 1. The van der Waals surface area contributed by atoms with Gasteiger partial charge in [0.05, 0.1) is 22.8 Å². The molecule has 0 saturated carbocycles. The lowest BCUT2D eigenvalue weighted by Gasteiger charge is -2.34. The predicted octanol–water partition coefficient (Wildman–Crippen LogP) is 3.28. The van der Waals surface area contributed by atoms with Crippen molar-refractivity contribution in [3.8, 4) is 0 Å². The summed E-state index contributed by atoms with van der Waals surface area (Å²) in [5.41, 5.74) is 2.10. The molecule has 0 bridgehead atoms. The van der Waals surface area contributed by atoms with Gasteiger partial charge in [-0.1, -0.05) is 23.7 Å². The maximum absolute atomic E-state index is 12.8. The van der Waals surface area contributed by atoms with E-state index < -0.39 is 10.0 Å². The largest absolute Gasteiger partial charge is 0.374 e. The molecule has 1 N–H and O–H groups in total. The first-order chi connectivity index (χ1) is 15.4. The van der Waals surface area contributed by atoms with Gasteiger partial charge in [-0.15, -0.1) is 0 Å². The number of hydrogen-bond donors (Lipinski definition) is 1. The molecule has 9 heteroatoms. The van der Waals surface area contributed by atoms with Crippen molar-refractivity contribution in [3.05, 3.63) is 53.6 Å². The second-order valence-corrected chi connectivity index (χ2v) is 10.5. The highest BCUT2D eigenvalue weighted by Crippen LogP contribution is 2.28. The summed E-state index contributed by atoms with van der Waals surface area (Å²) in [5, 5.41) is 3.80. The molecular weight excluding hydrogens is 448 g/mol. The number of halogens is 1. The van der Waals surface area contributed by atoms with Crippen LogP contribution in [0.25, 0.3) is 0 Å². The van der Waals surface area contributed by atoms with E-state index in [0.717, 1.165) is 24.5 Å². The monoisotopic (exact) mass is 476 g/mol. The summed E-state index contributed by atoms with van der Waals surface area (Å²) in [6.07, 6.45) is 3.65. The number of piperidine rings is 1. The highest BCUT2D eigenvalue weighted by atomic mass is 35.5. The van der Waals surface area contributed by atoms with E-state index in [0.29, 0.717) is 18.1 Å². The lowest BCUT2D eigenvalue weighted by atomic mass is 10.1. The molecule has 2 heterocycles. The van der Waals surface area contributed by atoms with Gasteiger partial charge in [0, 0.05) is 44.3 Å². The van der Waals surface area contributed by atoms with Gasteiger partial charge in [-0.2, -0.15) is 4.31 Å². The number of piperazine rings is 1. The first-order valence-corrected chi connectivity index (χ1v) is 12.9. The molecule has 2 aromatic rings. The smallest absolute Gasteiger partial charge is 0.243 e. The van der Waals surface area contributed by atoms with Gasteiger partial charge in [0.1, 0.15) is 0 Å². The molecule has 2 aliphatic rings. The normalized spacial score (nSPS) is 17.9. The Kier molecular flexibility index (Phi) is 7.23. The zero-order valence-corrected chi connectivity index (χ0v) is 19.6. The number of anilines is 2. The van der Waals surface area contributed by atoms with Crippen LogP contribution >= 0.6 is 11.6 Å². The number of para-hydroxylation sites is 2. The topological polar surface area (TPSA) is 73.0 Å². The summed E-state index contributed by atoms with van der Waals surface area (Å²) in [6.45, 7) is 3.58. The van der Waals surface area contributed by atoms with Crippen LogP contribution in [-0.2, 0) is 14.8 Å². The van der Waals surface area contributed by atoms with Gasteiger partial charge < -0.3 is 15.1 Å². The zero-order valence-electron chi connectivity index (χ0n) is 18.0. The van der Waals surface area contributed by atoms with E-state index in [9.17, 15) is 13.2 Å². The van der Waals surface area contributed by atoms with Crippen molar-refractivity contribution in [2.24, 2.45) is 0 Å². The Hall–Kier alpha value is -2.29. The lowest BCUT2D eigenvalue weighted by Crippen LogP contribution is -2.51. The highest BCUT2D eigenvalue weighted by molar-refractivity contribution is 7.89. The Balaban J connectivity index is 1.32. The van der Waals surface area contributed by atoms with Gasteiger partial charge in [0.15, 0.2) is 0 Å². The van der Waals surface area contributed by atoms with Crippen molar-refractivity contribution >= 4 is 38.9 Å². The number of hydrogen-bond acceptors (Lipinski definition) is 5. The van der Waals surface area contributed by atoms with Crippen LogP contribution in [0.1, 0.15) is 19.3 Å². The van der Waals surface area contributed by atoms with Gasteiger partial charge in [-0.3, -0.25) is 4.79 Å². The number of carbonyl (C=O) groups is 1. The van der Waals surface area contributed by atoms with E-state index in [1.807, 2.05) is 18.2 Å². The molecule has 0 aliphatic carbocycles. The van der Waals surface area contributed by atoms with Crippen LogP contribution in [0.4, 0.5) is 11.4 Å². The van der Waals surface area contributed by atoms with Crippen molar-refractivity contribution in [1.82, 2.24) is 9.21 Å². The maximum Gasteiger partial charge on any atom is 0.243 e. The van der Waals surface area contributed by atoms with Crippen LogP contribution in [0.2, 0.25) is 5.02 Å². The van der Waals surface area contributed by atoms with Crippen LogP contribution in [0.5, 0.6) is 0 Å². The van der Waals surface area contributed by atoms with E-state index in [-0.39, 0.29) is 30.4 Å². The second-order valence-electron chi connectivity index (χ2n) is 8.16. The molecule has 0 atom stereocenters. The van der Waals surface area contributed by atoms with Crippen LogP contribution in [0.15, 0.2) is 53.4 Å². The molecule has 1 amide bonds. The molecule has 4 rings (SSSR count). The van der Waals surface area contributed by atoms with Gasteiger partial charge in [-0.25, -0.2) is 8.42 Å². The molecule has 7 nitrogen and oxygen atoms in total. The van der Waals surface area contributed by atoms with Gasteiger partial charge in [0.25, 0.3) is 0 Å². The molecule has 0 radical (unpaired) electrons. The van der Waals surface area contributed by atoms with Crippen molar-refractivity contribution in [3.63, 3.8) is 0 Å². The minimum absolute atomic E-state index is 0.0259. The molecule has 172 valence electrons. The first kappa shape index (κ1) is 22.9. The fourth-order valence-electron chi connectivity index (χ4n) is 4.25. The van der Waals surface area contributed by atoms with E-state index in [1.54, 1.807) is 17.0 Å². The number of rotatable bonds is 6. The van der Waals surface area contributed by atoms with E-state index in [2.05, 4.69) is 16.3 Å². The summed E-state index contributed by atoms with van der Waals surface area (Å²) < 4.78 is 27.1. The third-order valence-electron chi connectivity index (χ3n) is 6.07. The Morgan fingerprint density at radius 3 is 2.22 bits per heavy atom. The summed E-state index contributed by atoms with van der Waals surface area (Å²) >= 11 is 5.87.